The van der Waals surface area contributed by atoms with Gasteiger partial charge >= 0.3 is 5.97 Å². The van der Waals surface area contributed by atoms with E-state index in [4.69, 9.17) is 5.11 Å². The quantitative estimate of drug-likeness (QED) is 0.703. The number of aliphatic carboxylic acids is 1. The fourth-order valence-electron chi connectivity index (χ4n) is 3.52. The molecular weight excluding hydrogens is 366 g/mol. The molecular formula is C20H32ClN3O3. The summed E-state index contributed by atoms with van der Waals surface area (Å²) in [7, 11) is 1.86. The van der Waals surface area contributed by atoms with Crippen LogP contribution < -0.4 is 5.32 Å². The number of benzene rings is 1. The Kier molecular flexibility index (Phi) is 9.77. The lowest BCUT2D eigenvalue weighted by Gasteiger charge is -2.38. The largest absolute Gasteiger partial charge is 0.480 e. The van der Waals surface area contributed by atoms with Crippen LogP contribution >= 0.6 is 12.4 Å². The topological polar surface area (TPSA) is 72.9 Å². The van der Waals surface area contributed by atoms with E-state index in [9.17, 15) is 9.59 Å². The predicted molar refractivity (Wildman–Crippen MR) is 109 cm³/mol. The highest BCUT2D eigenvalue weighted by molar-refractivity contribution is 5.85. The molecule has 27 heavy (non-hydrogen) atoms. The van der Waals surface area contributed by atoms with E-state index >= 15 is 0 Å². The van der Waals surface area contributed by atoms with Crippen LogP contribution in [0.4, 0.5) is 0 Å². The Morgan fingerprint density at radius 2 is 1.81 bits per heavy atom. The number of likely N-dealkylation sites (tertiary alicyclic amines) is 1. The van der Waals surface area contributed by atoms with Gasteiger partial charge in [0.25, 0.3) is 0 Å². The number of piperidine rings is 1. The molecule has 1 aliphatic heterocycles. The number of likely N-dealkylation sites (N-methyl/N-ethyl adjacent to an activating group) is 1. The molecule has 0 spiro atoms. The second-order valence-electron chi connectivity index (χ2n) is 7.31. The minimum Gasteiger partial charge on any atom is -0.480 e. The van der Waals surface area contributed by atoms with Crippen molar-refractivity contribution < 1.29 is 14.7 Å². The summed E-state index contributed by atoms with van der Waals surface area (Å²) in [5, 5.41) is 12.0. The molecule has 1 fully saturated rings. The first-order chi connectivity index (χ1) is 12.4. The molecule has 1 saturated heterocycles. The summed E-state index contributed by atoms with van der Waals surface area (Å²) in [6, 6.07) is 10.3. The van der Waals surface area contributed by atoms with Crippen molar-refractivity contribution in [1.29, 1.82) is 0 Å². The van der Waals surface area contributed by atoms with Gasteiger partial charge in [0.05, 0.1) is 12.6 Å². The van der Waals surface area contributed by atoms with E-state index in [1.807, 2.05) is 37.1 Å². The standard InChI is InChI=1S/C20H31N3O3.ClH/c1-15(17-7-5-4-6-8-17)13-21-20(26)16(2)23-11-9-18(10-12-23)22(3)14-19(24)25;/h4-8,15-16,18H,9-14H2,1-3H3,(H,21,26)(H,24,25);1H. The average molecular weight is 398 g/mol. The summed E-state index contributed by atoms with van der Waals surface area (Å²) in [5.74, 6) is -0.455. The van der Waals surface area contributed by atoms with Crippen LogP contribution in [0.2, 0.25) is 0 Å². The van der Waals surface area contributed by atoms with E-state index in [1.165, 1.54) is 5.56 Å². The normalized spacial score (nSPS) is 17.8. The van der Waals surface area contributed by atoms with Gasteiger partial charge in [-0.15, -0.1) is 12.4 Å². The maximum absolute atomic E-state index is 12.5. The molecule has 0 aromatic heterocycles. The Morgan fingerprint density at radius 3 is 2.37 bits per heavy atom. The van der Waals surface area contributed by atoms with Crippen molar-refractivity contribution in [3.8, 4) is 0 Å². The van der Waals surface area contributed by atoms with Crippen molar-refractivity contribution >= 4 is 24.3 Å². The lowest BCUT2D eigenvalue weighted by atomic mass is 10.0. The van der Waals surface area contributed by atoms with Crippen LogP contribution in [0, 0.1) is 0 Å². The molecule has 0 radical (unpaired) electrons. The molecule has 1 aromatic rings. The summed E-state index contributed by atoms with van der Waals surface area (Å²) in [6.45, 7) is 6.39. The lowest BCUT2D eigenvalue weighted by Crippen LogP contribution is -2.52. The van der Waals surface area contributed by atoms with Crippen molar-refractivity contribution in [1.82, 2.24) is 15.1 Å². The maximum Gasteiger partial charge on any atom is 0.317 e. The van der Waals surface area contributed by atoms with Crippen LogP contribution in [0.1, 0.15) is 38.2 Å². The van der Waals surface area contributed by atoms with E-state index in [2.05, 4.69) is 29.3 Å². The highest BCUT2D eigenvalue weighted by Crippen LogP contribution is 2.18. The summed E-state index contributed by atoms with van der Waals surface area (Å²) >= 11 is 0. The van der Waals surface area contributed by atoms with Crippen LogP contribution in [0.15, 0.2) is 30.3 Å². The highest BCUT2D eigenvalue weighted by Gasteiger charge is 2.28. The monoisotopic (exact) mass is 397 g/mol. The predicted octanol–water partition coefficient (Wildman–Crippen LogP) is 2.20. The third-order valence-corrected chi connectivity index (χ3v) is 5.39. The summed E-state index contributed by atoms with van der Waals surface area (Å²) in [5.41, 5.74) is 1.22. The molecule has 7 heteroatoms. The fourth-order valence-corrected chi connectivity index (χ4v) is 3.52. The Balaban J connectivity index is 0.00000364. The van der Waals surface area contributed by atoms with Crippen LogP contribution in [-0.2, 0) is 9.59 Å². The number of nitrogens with zero attached hydrogens (tertiary/aromatic N) is 2. The Hall–Kier alpha value is -1.63. The van der Waals surface area contributed by atoms with Gasteiger partial charge in [-0.3, -0.25) is 19.4 Å². The number of carbonyl (C=O) groups is 2. The second-order valence-corrected chi connectivity index (χ2v) is 7.31. The number of amides is 1. The number of hydrogen-bond donors (Lipinski definition) is 2. The number of carboxylic acid groups (broad SMARTS) is 1. The lowest BCUT2D eigenvalue weighted by molar-refractivity contribution is -0.138. The second kappa shape index (κ2) is 11.3. The first kappa shape index (κ1) is 23.4. The SMILES string of the molecule is CC(CNC(=O)C(C)N1CCC(N(C)CC(=O)O)CC1)c1ccccc1.Cl. The molecule has 2 N–H and O–H groups in total. The molecule has 152 valence electrons. The van der Waals surface area contributed by atoms with Crippen LogP contribution in [0.5, 0.6) is 0 Å². The molecule has 1 aromatic carbocycles. The summed E-state index contributed by atoms with van der Waals surface area (Å²) in [6.07, 6.45) is 1.78. The van der Waals surface area contributed by atoms with Gasteiger partial charge in [-0.05, 0) is 38.3 Å². The Bertz CT molecular complexity index is 591. The van der Waals surface area contributed by atoms with E-state index < -0.39 is 5.97 Å². The van der Waals surface area contributed by atoms with Gasteiger partial charge < -0.3 is 10.4 Å². The van der Waals surface area contributed by atoms with Gasteiger partial charge in [0.1, 0.15) is 0 Å². The molecule has 1 aliphatic rings. The van der Waals surface area contributed by atoms with Gasteiger partial charge in [-0.25, -0.2) is 0 Å². The molecule has 2 atom stereocenters. The van der Waals surface area contributed by atoms with Gasteiger partial charge in [-0.1, -0.05) is 37.3 Å². The van der Waals surface area contributed by atoms with E-state index in [0.29, 0.717) is 6.54 Å². The van der Waals surface area contributed by atoms with E-state index in [-0.39, 0.29) is 42.9 Å². The zero-order chi connectivity index (χ0) is 19.1. The number of rotatable bonds is 8. The number of carboxylic acids is 1. The molecule has 1 heterocycles. The van der Waals surface area contributed by atoms with Crippen LogP contribution in [0.25, 0.3) is 0 Å². The molecule has 0 bridgehead atoms. The molecule has 0 saturated carbocycles. The number of halogens is 1. The molecule has 1 amide bonds. The van der Waals surface area contributed by atoms with Crippen LogP contribution in [0.3, 0.4) is 0 Å². The molecule has 2 unspecified atom stereocenters. The summed E-state index contributed by atoms with van der Waals surface area (Å²) < 4.78 is 0. The Labute approximate surface area is 168 Å². The van der Waals surface area contributed by atoms with Crippen LogP contribution in [-0.4, -0.2) is 72.1 Å². The third-order valence-electron chi connectivity index (χ3n) is 5.39. The number of nitrogens with one attached hydrogen (secondary N) is 1. The Morgan fingerprint density at radius 1 is 1.22 bits per heavy atom. The first-order valence-corrected chi connectivity index (χ1v) is 9.37. The minimum absolute atomic E-state index is 0. The van der Waals surface area contributed by atoms with E-state index in [0.717, 1.165) is 25.9 Å². The van der Waals surface area contributed by atoms with Gasteiger partial charge in [-0.2, -0.15) is 0 Å². The maximum atomic E-state index is 12.5. The zero-order valence-corrected chi connectivity index (χ0v) is 17.2. The van der Waals surface area contributed by atoms with Crippen molar-refractivity contribution in [3.05, 3.63) is 35.9 Å². The third kappa shape index (κ3) is 7.13. The minimum atomic E-state index is -0.796. The van der Waals surface area contributed by atoms with Crippen molar-refractivity contribution in [2.24, 2.45) is 0 Å². The van der Waals surface area contributed by atoms with Crippen molar-refractivity contribution in [3.63, 3.8) is 0 Å². The van der Waals surface area contributed by atoms with Crippen molar-refractivity contribution in [2.75, 3.05) is 33.2 Å². The molecule has 6 nitrogen and oxygen atoms in total. The zero-order valence-electron chi connectivity index (χ0n) is 16.4. The first-order valence-electron chi connectivity index (χ1n) is 9.37. The van der Waals surface area contributed by atoms with Gasteiger partial charge in [0.2, 0.25) is 5.91 Å². The van der Waals surface area contributed by atoms with Gasteiger partial charge in [0, 0.05) is 25.7 Å². The van der Waals surface area contributed by atoms with Gasteiger partial charge in [0.15, 0.2) is 0 Å². The number of hydrogen-bond acceptors (Lipinski definition) is 4. The van der Waals surface area contributed by atoms with Crippen molar-refractivity contribution in [2.45, 2.75) is 44.7 Å². The average Bonchev–Trinajstić information content (AvgIpc) is 2.65. The summed E-state index contributed by atoms with van der Waals surface area (Å²) in [4.78, 5) is 27.4. The highest BCUT2D eigenvalue weighted by atomic mass is 35.5. The molecule has 2 rings (SSSR count). The van der Waals surface area contributed by atoms with E-state index in [1.54, 1.807) is 0 Å². The fraction of sp³-hybridized carbons (Fsp3) is 0.600. The number of carbonyl (C=O) groups excluding carboxylic acids is 1. The smallest absolute Gasteiger partial charge is 0.317 e. The molecule has 0 aliphatic carbocycles.